The maximum Gasteiger partial charge on any atom is 0.187 e. The summed E-state index contributed by atoms with van der Waals surface area (Å²) in [6.45, 7) is 10.1. The maximum atomic E-state index is 11.5. The number of allylic oxidation sites excluding steroid dienone is 1. The van der Waals surface area contributed by atoms with E-state index in [1.165, 1.54) is 0 Å². The number of hydrogen-bond donors (Lipinski definition) is 9. The average Bonchev–Trinajstić information content (AvgIpc) is 3.61. The zero-order valence-corrected chi connectivity index (χ0v) is 31.7. The van der Waals surface area contributed by atoms with E-state index in [9.17, 15) is 46.0 Å². The second-order valence-corrected chi connectivity index (χ2v) is 17.7. The Hall–Kier alpha value is -1.12. The number of methoxy groups -OCH3 is 1. The summed E-state index contributed by atoms with van der Waals surface area (Å²) in [5.74, 6) is 0.0425. The zero-order valence-electron chi connectivity index (χ0n) is 31.7. The predicted molar refractivity (Wildman–Crippen MR) is 188 cm³/mol. The van der Waals surface area contributed by atoms with Crippen LogP contribution in [0.5, 0.6) is 0 Å². The first kappa shape index (κ1) is 41.1. The van der Waals surface area contributed by atoms with Crippen LogP contribution in [0, 0.1) is 40.4 Å². The van der Waals surface area contributed by atoms with Gasteiger partial charge in [-0.25, -0.2) is 0 Å². The molecule has 3 heterocycles. The van der Waals surface area contributed by atoms with Crippen LogP contribution in [0.1, 0.15) is 65.7 Å². The van der Waals surface area contributed by atoms with E-state index < -0.39 is 91.4 Å². The van der Waals surface area contributed by atoms with Crippen molar-refractivity contribution in [3.8, 4) is 0 Å². The first-order chi connectivity index (χ1) is 25.5. The van der Waals surface area contributed by atoms with E-state index >= 15 is 0 Å². The third-order valence-corrected chi connectivity index (χ3v) is 15.1. The van der Waals surface area contributed by atoms with Crippen LogP contribution in [0.25, 0.3) is 0 Å². The van der Waals surface area contributed by atoms with Gasteiger partial charge in [0.15, 0.2) is 18.4 Å². The van der Waals surface area contributed by atoms with Gasteiger partial charge in [-0.3, -0.25) is 0 Å². The third-order valence-electron chi connectivity index (χ3n) is 15.1. The van der Waals surface area contributed by atoms with Crippen LogP contribution in [-0.4, -0.2) is 158 Å². The Morgan fingerprint density at radius 1 is 0.926 bits per heavy atom. The Morgan fingerprint density at radius 3 is 2.35 bits per heavy atom. The number of rotatable bonds is 10. The van der Waals surface area contributed by atoms with Crippen LogP contribution in [0.2, 0.25) is 0 Å². The van der Waals surface area contributed by atoms with E-state index in [1.807, 2.05) is 0 Å². The van der Waals surface area contributed by atoms with Crippen molar-refractivity contribution in [2.45, 2.75) is 151 Å². The molecule has 3 saturated carbocycles. The molecule has 54 heavy (non-hydrogen) atoms. The molecule has 3 saturated heterocycles. The Kier molecular flexibility index (Phi) is 11.6. The van der Waals surface area contributed by atoms with Crippen molar-refractivity contribution in [2.24, 2.45) is 40.4 Å². The highest BCUT2D eigenvalue weighted by atomic mass is 16.7. The van der Waals surface area contributed by atoms with Crippen molar-refractivity contribution >= 4 is 0 Å². The quantitative estimate of drug-likeness (QED) is 0.127. The van der Waals surface area contributed by atoms with Crippen LogP contribution in [-0.2, 0) is 28.4 Å². The minimum atomic E-state index is -1.53. The molecule has 21 atom stereocenters. The SMILES string of the molecule is C=C(CCC1(OC)O[C@H]2C[C@H]3[C@@H]4CC=C5C[C@@H](O)[C@H](O)[C@@H](O[C@@H]6OC[C@@H](O)[C@H](O)[C@H]6O)[C@]5(C)[C@H]4CC[C@]3(C)[C@H]2[C@@H]1C)CO[C@@H]1O[C@H](CO)[C@@H](O)[C@H](O)[C@H]1O. The average molecular weight is 771 g/mol. The standard InChI is InChI=1S/C39H62O15/c1-17(15-50-35-33(48)31(46)30(45)26(14-40)52-35)8-11-39(49-5)18(2)27-25(54-39)13-22-20-7-6-19-12-23(41)29(44)34(38(19,4)21(20)9-10-37(22,27)3)53-36-32(47)28(43)24(42)16-51-36/h6,18,20-36,40-48H,1,7-16H2,2-5H3/t18-,20+,21-,22-,23+,24+,25-,26+,27-,28-,29-,30+,31-,32+,33+,34+,35+,36-,37-,38-,39?/m0/s1. The van der Waals surface area contributed by atoms with Gasteiger partial charge in [-0.1, -0.05) is 44.6 Å². The van der Waals surface area contributed by atoms with Crippen LogP contribution >= 0.6 is 0 Å². The molecule has 6 fully saturated rings. The lowest BCUT2D eigenvalue weighted by Gasteiger charge is -2.61. The van der Waals surface area contributed by atoms with E-state index in [0.29, 0.717) is 30.8 Å². The molecule has 1 unspecified atom stereocenters. The minimum absolute atomic E-state index is 0.0195. The molecule has 4 aliphatic carbocycles. The van der Waals surface area contributed by atoms with Crippen molar-refractivity contribution in [3.05, 3.63) is 23.8 Å². The summed E-state index contributed by atoms with van der Waals surface area (Å²) in [6.07, 6.45) is -8.61. The highest BCUT2D eigenvalue weighted by Crippen LogP contribution is 2.70. The lowest BCUT2D eigenvalue weighted by atomic mass is 9.46. The summed E-state index contributed by atoms with van der Waals surface area (Å²) < 4.78 is 36.3. The summed E-state index contributed by atoms with van der Waals surface area (Å²) in [7, 11) is 1.67. The van der Waals surface area contributed by atoms with Gasteiger partial charge in [0.1, 0.15) is 48.8 Å². The fraction of sp³-hybridized carbons (Fsp3) is 0.897. The molecule has 308 valence electrons. The largest absolute Gasteiger partial charge is 0.394 e. The van der Waals surface area contributed by atoms with Crippen molar-refractivity contribution in [1.29, 1.82) is 0 Å². The summed E-state index contributed by atoms with van der Waals surface area (Å²) in [5.41, 5.74) is 0.985. The summed E-state index contributed by atoms with van der Waals surface area (Å²) in [6, 6.07) is 0. The summed E-state index contributed by atoms with van der Waals surface area (Å²) in [4.78, 5) is 0. The van der Waals surface area contributed by atoms with E-state index in [-0.39, 0.29) is 48.4 Å². The van der Waals surface area contributed by atoms with Gasteiger partial charge in [-0.2, -0.15) is 0 Å². The Labute approximate surface area is 316 Å². The topological polar surface area (TPSA) is 237 Å². The van der Waals surface area contributed by atoms with E-state index in [0.717, 1.165) is 31.3 Å². The van der Waals surface area contributed by atoms with Crippen molar-refractivity contribution < 1.29 is 74.4 Å². The maximum absolute atomic E-state index is 11.5. The number of aliphatic hydroxyl groups is 9. The molecule has 15 heteroatoms. The normalized spacial score (nSPS) is 54.3. The first-order valence-corrected chi connectivity index (χ1v) is 19.7. The predicted octanol–water partition coefficient (Wildman–Crippen LogP) is -0.528. The molecule has 15 nitrogen and oxygen atoms in total. The molecule has 0 bridgehead atoms. The first-order valence-electron chi connectivity index (χ1n) is 19.7. The molecule has 0 aromatic carbocycles. The van der Waals surface area contributed by atoms with E-state index in [2.05, 4.69) is 33.4 Å². The van der Waals surface area contributed by atoms with Gasteiger partial charge < -0.3 is 74.4 Å². The second kappa shape index (κ2) is 15.2. The van der Waals surface area contributed by atoms with Gasteiger partial charge >= 0.3 is 0 Å². The molecule has 3 aliphatic heterocycles. The number of fused-ring (bicyclic) bond motifs is 7. The van der Waals surface area contributed by atoms with Crippen LogP contribution < -0.4 is 0 Å². The molecule has 0 aromatic heterocycles. The lowest BCUT2D eigenvalue weighted by Crippen LogP contribution is -2.64. The minimum Gasteiger partial charge on any atom is -0.394 e. The fourth-order valence-corrected chi connectivity index (χ4v) is 12.1. The highest BCUT2D eigenvalue weighted by Gasteiger charge is 2.69. The van der Waals surface area contributed by atoms with Crippen LogP contribution in [0.4, 0.5) is 0 Å². The van der Waals surface area contributed by atoms with Crippen LogP contribution in [0.3, 0.4) is 0 Å². The summed E-state index contributed by atoms with van der Waals surface area (Å²) >= 11 is 0. The molecule has 0 aromatic rings. The monoisotopic (exact) mass is 770 g/mol. The van der Waals surface area contributed by atoms with Crippen molar-refractivity contribution in [3.63, 3.8) is 0 Å². The Bertz CT molecular complexity index is 1400. The molecule has 0 spiro atoms. The highest BCUT2D eigenvalue weighted by molar-refractivity contribution is 5.30. The lowest BCUT2D eigenvalue weighted by molar-refractivity contribution is -0.313. The second-order valence-electron chi connectivity index (χ2n) is 17.7. The van der Waals surface area contributed by atoms with Gasteiger partial charge in [0.25, 0.3) is 0 Å². The van der Waals surface area contributed by atoms with Crippen molar-refractivity contribution in [1.82, 2.24) is 0 Å². The van der Waals surface area contributed by atoms with E-state index in [4.69, 9.17) is 28.4 Å². The van der Waals surface area contributed by atoms with Crippen molar-refractivity contribution in [2.75, 3.05) is 26.9 Å². The number of ether oxygens (including phenoxy) is 6. The molecular weight excluding hydrogens is 708 g/mol. The van der Waals surface area contributed by atoms with Gasteiger partial charge in [-0.15, -0.1) is 0 Å². The van der Waals surface area contributed by atoms with Crippen LogP contribution in [0.15, 0.2) is 23.8 Å². The number of hydrogen-bond acceptors (Lipinski definition) is 15. The van der Waals surface area contributed by atoms with Gasteiger partial charge in [0.05, 0.1) is 38.1 Å². The van der Waals surface area contributed by atoms with Gasteiger partial charge in [0.2, 0.25) is 0 Å². The van der Waals surface area contributed by atoms with Gasteiger partial charge in [-0.05, 0) is 67.6 Å². The zero-order chi connectivity index (χ0) is 39.1. The summed E-state index contributed by atoms with van der Waals surface area (Å²) in [5, 5.41) is 93.6. The van der Waals surface area contributed by atoms with Gasteiger partial charge in [0, 0.05) is 24.9 Å². The number of aliphatic hydroxyl groups excluding tert-OH is 9. The molecule has 0 amide bonds. The Morgan fingerprint density at radius 2 is 1.65 bits per heavy atom. The molecular formula is C39H62O15. The Balaban J connectivity index is 1.03. The third kappa shape index (κ3) is 6.47. The molecule has 0 radical (unpaired) electrons. The molecule has 9 N–H and O–H groups in total. The smallest absolute Gasteiger partial charge is 0.187 e. The molecule has 7 rings (SSSR count). The van der Waals surface area contributed by atoms with E-state index in [1.54, 1.807) is 7.11 Å². The molecule has 7 aliphatic rings. The fourth-order valence-electron chi connectivity index (χ4n) is 12.1.